The monoisotopic (exact) mass is 489 g/mol. The Hall–Kier alpha value is -4.18. The zero-order valence-electron chi connectivity index (χ0n) is 18.8. The van der Waals surface area contributed by atoms with Crippen LogP contribution in [0.3, 0.4) is 0 Å². The number of benzene rings is 2. The molecular weight excluding hydrogens is 470 g/mol. The maximum Gasteiger partial charge on any atom is 0.338 e. The molecule has 0 unspecified atom stereocenters. The Morgan fingerprint density at radius 1 is 1.20 bits per heavy atom. The molecule has 1 atom stereocenters. The number of fused-ring (bicyclic) bond motifs is 3. The highest BCUT2D eigenvalue weighted by Gasteiger charge is 2.35. The van der Waals surface area contributed by atoms with Gasteiger partial charge in [-0.1, -0.05) is 35.6 Å². The number of para-hydroxylation sites is 1. The third-order valence-electron chi connectivity index (χ3n) is 6.10. The van der Waals surface area contributed by atoms with Crippen molar-refractivity contribution in [3.8, 4) is 11.5 Å². The maximum atomic E-state index is 13.9. The van der Waals surface area contributed by atoms with Crippen LogP contribution < -0.4 is 29.7 Å². The summed E-state index contributed by atoms with van der Waals surface area (Å²) < 4.78 is 18.0. The standard InChI is InChI=1S/C25H19N3O6S/c1-3-32-24(31)18-12(2)26-25-28(20(18)13-8-9-16-17(10-13)34-11-33-16)23(30)21(35-25)19-14-6-4-5-7-15(14)27-22(19)29/h4-10,20H,3,11H2,1-2H3,(H,27,29)/b21-19+/t20-/m0/s1. The first-order valence-electron chi connectivity index (χ1n) is 11.0. The van der Waals surface area contributed by atoms with Gasteiger partial charge in [-0.15, -0.1) is 0 Å². The van der Waals surface area contributed by atoms with E-state index in [1.54, 1.807) is 44.2 Å². The summed E-state index contributed by atoms with van der Waals surface area (Å²) in [6.07, 6.45) is 0. The number of rotatable bonds is 3. The van der Waals surface area contributed by atoms with Gasteiger partial charge >= 0.3 is 5.97 Å². The number of aromatic nitrogens is 1. The Kier molecular flexibility index (Phi) is 4.85. The molecule has 0 spiro atoms. The van der Waals surface area contributed by atoms with Gasteiger partial charge < -0.3 is 19.5 Å². The molecule has 3 aromatic rings. The quantitative estimate of drug-likeness (QED) is 0.563. The van der Waals surface area contributed by atoms with Crippen molar-refractivity contribution in [1.82, 2.24) is 4.57 Å². The van der Waals surface area contributed by atoms with Gasteiger partial charge in [0, 0.05) is 11.3 Å². The predicted octanol–water partition coefficient (Wildman–Crippen LogP) is 1.85. The van der Waals surface area contributed by atoms with Crippen LogP contribution in [0.2, 0.25) is 0 Å². The largest absolute Gasteiger partial charge is 0.463 e. The summed E-state index contributed by atoms with van der Waals surface area (Å²) in [7, 11) is 0. The van der Waals surface area contributed by atoms with Crippen LogP contribution in [0.1, 0.15) is 31.0 Å². The summed E-state index contributed by atoms with van der Waals surface area (Å²) in [4.78, 5) is 44.8. The molecule has 3 aliphatic rings. The molecule has 1 amide bonds. The number of carbonyl (C=O) groups excluding carboxylic acids is 2. The molecule has 9 nitrogen and oxygen atoms in total. The first-order valence-corrected chi connectivity index (χ1v) is 11.8. The van der Waals surface area contributed by atoms with Crippen molar-refractivity contribution < 1.29 is 23.8 Å². The summed E-state index contributed by atoms with van der Waals surface area (Å²) in [5.74, 6) is 0.200. The minimum absolute atomic E-state index is 0.0963. The average Bonchev–Trinajstić information content (AvgIpc) is 3.52. The molecule has 0 saturated heterocycles. The number of amides is 1. The Labute approximate surface area is 202 Å². The molecule has 6 rings (SSSR count). The van der Waals surface area contributed by atoms with E-state index in [9.17, 15) is 14.4 Å². The van der Waals surface area contributed by atoms with E-state index in [0.717, 1.165) is 11.3 Å². The minimum Gasteiger partial charge on any atom is -0.463 e. The summed E-state index contributed by atoms with van der Waals surface area (Å²) in [6.45, 7) is 3.70. The Morgan fingerprint density at radius 2 is 2.00 bits per heavy atom. The lowest BCUT2D eigenvalue weighted by Crippen LogP contribution is -2.40. The Bertz CT molecular complexity index is 1650. The third kappa shape index (κ3) is 3.21. The number of hydrogen-bond donors (Lipinski definition) is 1. The lowest BCUT2D eigenvalue weighted by atomic mass is 9.95. The summed E-state index contributed by atoms with van der Waals surface area (Å²) in [6, 6.07) is 11.7. The van der Waals surface area contributed by atoms with E-state index in [1.807, 2.05) is 12.1 Å². The number of anilines is 1. The molecular formula is C25H19N3O6S. The maximum absolute atomic E-state index is 13.9. The van der Waals surface area contributed by atoms with E-state index in [2.05, 4.69) is 10.3 Å². The second-order valence-corrected chi connectivity index (χ2v) is 9.09. The van der Waals surface area contributed by atoms with E-state index in [4.69, 9.17) is 14.2 Å². The molecule has 2 aromatic carbocycles. The van der Waals surface area contributed by atoms with Crippen molar-refractivity contribution in [3.05, 3.63) is 84.5 Å². The highest BCUT2D eigenvalue weighted by atomic mass is 32.1. The number of carbonyl (C=O) groups is 2. The zero-order chi connectivity index (χ0) is 24.3. The summed E-state index contributed by atoms with van der Waals surface area (Å²) in [5.41, 5.74) is 2.53. The third-order valence-corrected chi connectivity index (χ3v) is 7.16. The molecule has 0 radical (unpaired) electrons. The number of nitrogens with zero attached hydrogens (tertiary/aromatic N) is 2. The molecule has 0 bridgehead atoms. The van der Waals surface area contributed by atoms with E-state index in [0.29, 0.717) is 44.4 Å². The second kappa shape index (κ2) is 7.95. The van der Waals surface area contributed by atoms with Crippen molar-refractivity contribution >= 4 is 34.5 Å². The molecule has 176 valence electrons. The highest BCUT2D eigenvalue weighted by Crippen LogP contribution is 2.38. The minimum atomic E-state index is -0.811. The van der Waals surface area contributed by atoms with Crippen LogP contribution in [0.4, 0.5) is 5.69 Å². The lowest BCUT2D eigenvalue weighted by molar-refractivity contribution is -0.139. The van der Waals surface area contributed by atoms with Crippen molar-refractivity contribution in [2.75, 3.05) is 18.7 Å². The first-order chi connectivity index (χ1) is 17.0. The predicted molar refractivity (Wildman–Crippen MR) is 127 cm³/mol. The molecule has 1 N–H and O–H groups in total. The first kappa shape index (κ1) is 21.4. The van der Waals surface area contributed by atoms with E-state index >= 15 is 0 Å². The molecule has 35 heavy (non-hydrogen) atoms. The average molecular weight is 490 g/mol. The lowest BCUT2D eigenvalue weighted by Gasteiger charge is -2.24. The fourth-order valence-electron chi connectivity index (χ4n) is 4.58. The molecule has 10 heteroatoms. The van der Waals surface area contributed by atoms with Crippen LogP contribution in [0, 0.1) is 0 Å². The van der Waals surface area contributed by atoms with Crippen LogP contribution in [-0.4, -0.2) is 29.8 Å². The number of ether oxygens (including phenoxy) is 3. The van der Waals surface area contributed by atoms with Gasteiger partial charge in [-0.05, 0) is 37.6 Å². The van der Waals surface area contributed by atoms with Crippen LogP contribution >= 0.6 is 11.3 Å². The normalized spacial score (nSPS) is 19.1. The number of nitrogens with one attached hydrogen (secondary N) is 1. The van der Waals surface area contributed by atoms with Crippen molar-refractivity contribution in [1.29, 1.82) is 0 Å². The van der Waals surface area contributed by atoms with Crippen molar-refractivity contribution in [2.45, 2.75) is 19.9 Å². The number of esters is 1. The fraction of sp³-hybridized carbons (Fsp3) is 0.200. The van der Waals surface area contributed by atoms with Gasteiger partial charge in [0.05, 0.1) is 29.5 Å². The van der Waals surface area contributed by atoms with E-state index in [-0.39, 0.29) is 29.4 Å². The van der Waals surface area contributed by atoms with Crippen LogP contribution in [0.25, 0.3) is 5.57 Å². The van der Waals surface area contributed by atoms with Gasteiger partial charge in [-0.2, -0.15) is 0 Å². The topological polar surface area (TPSA) is 108 Å². The molecule has 0 aliphatic carbocycles. The van der Waals surface area contributed by atoms with Crippen LogP contribution in [-0.2, 0) is 14.3 Å². The van der Waals surface area contributed by atoms with Crippen LogP contribution in [0.5, 0.6) is 11.5 Å². The Morgan fingerprint density at radius 3 is 2.83 bits per heavy atom. The van der Waals surface area contributed by atoms with Gasteiger partial charge in [0.2, 0.25) is 6.79 Å². The number of thiazole rings is 1. The van der Waals surface area contributed by atoms with Gasteiger partial charge in [-0.3, -0.25) is 14.2 Å². The van der Waals surface area contributed by atoms with Gasteiger partial charge in [0.25, 0.3) is 11.5 Å². The van der Waals surface area contributed by atoms with E-state index < -0.39 is 17.6 Å². The van der Waals surface area contributed by atoms with Crippen molar-refractivity contribution in [2.24, 2.45) is 4.99 Å². The second-order valence-electron chi connectivity index (χ2n) is 8.11. The van der Waals surface area contributed by atoms with Gasteiger partial charge in [-0.25, -0.2) is 9.79 Å². The van der Waals surface area contributed by atoms with Crippen LogP contribution in [0.15, 0.2) is 63.5 Å². The zero-order valence-corrected chi connectivity index (χ0v) is 19.6. The molecule has 1 aromatic heterocycles. The highest BCUT2D eigenvalue weighted by molar-refractivity contribution is 7.07. The Balaban J connectivity index is 1.64. The summed E-state index contributed by atoms with van der Waals surface area (Å²) >= 11 is 1.12. The van der Waals surface area contributed by atoms with Gasteiger partial charge in [0.15, 0.2) is 16.3 Å². The smallest absolute Gasteiger partial charge is 0.338 e. The molecule has 0 fully saturated rings. The number of allylic oxidation sites excluding steroid dienone is 1. The fourth-order valence-corrected chi connectivity index (χ4v) is 5.73. The SMILES string of the molecule is CCOC(=O)C1=C(C)N=c2s/c(=C3/C(=O)Nc4ccccc43)c(=O)n2[C@H]1c1ccc2c(c1)OCO2. The van der Waals surface area contributed by atoms with E-state index in [1.165, 1.54) is 4.57 Å². The van der Waals surface area contributed by atoms with Gasteiger partial charge in [0.1, 0.15) is 4.53 Å². The molecule has 3 aliphatic heterocycles. The molecule has 4 heterocycles. The molecule has 0 saturated carbocycles. The summed E-state index contributed by atoms with van der Waals surface area (Å²) in [5, 5.41) is 2.81. The van der Waals surface area contributed by atoms with Crippen molar-refractivity contribution in [3.63, 3.8) is 0 Å². The number of hydrogen-bond acceptors (Lipinski definition) is 8.